The Balaban J connectivity index is 2.78. The third kappa shape index (κ3) is 2.81. The van der Waals surface area contributed by atoms with Crippen LogP contribution in [0.1, 0.15) is 6.92 Å². The van der Waals surface area contributed by atoms with E-state index in [4.69, 9.17) is 0 Å². The summed E-state index contributed by atoms with van der Waals surface area (Å²) in [6.45, 7) is 2.19. The second-order valence-electron chi connectivity index (χ2n) is 2.38. The molecule has 0 aliphatic carbocycles. The van der Waals surface area contributed by atoms with Gasteiger partial charge in [-0.25, -0.2) is 0 Å². The lowest BCUT2D eigenvalue weighted by Crippen LogP contribution is -1.85. The summed E-state index contributed by atoms with van der Waals surface area (Å²) in [6.07, 6.45) is 0. The second kappa shape index (κ2) is 4.90. The van der Waals surface area contributed by atoms with Crippen molar-refractivity contribution < 1.29 is 9.76 Å². The van der Waals surface area contributed by atoms with Crippen molar-refractivity contribution in [1.29, 1.82) is 0 Å². The SMILES string of the molecule is CCON=Nc1cccc([N+](=O)[O-])c1. The Morgan fingerprint density at radius 1 is 1.57 bits per heavy atom. The molecule has 1 aromatic rings. The molecule has 0 heterocycles. The van der Waals surface area contributed by atoms with Crippen LogP contribution in [0.5, 0.6) is 0 Å². The first-order valence-corrected chi connectivity index (χ1v) is 4.01. The van der Waals surface area contributed by atoms with Crippen LogP contribution >= 0.6 is 0 Å². The number of nitro groups is 1. The molecule has 0 spiro atoms. The van der Waals surface area contributed by atoms with Crippen molar-refractivity contribution in [3.05, 3.63) is 34.4 Å². The van der Waals surface area contributed by atoms with Gasteiger partial charge in [0.25, 0.3) is 5.69 Å². The minimum Gasteiger partial charge on any atom is -0.380 e. The molecule has 0 radical (unpaired) electrons. The highest BCUT2D eigenvalue weighted by molar-refractivity contribution is 5.45. The molecule has 0 fully saturated rings. The van der Waals surface area contributed by atoms with Crippen LogP contribution in [0.2, 0.25) is 0 Å². The van der Waals surface area contributed by atoms with Gasteiger partial charge >= 0.3 is 0 Å². The average molecular weight is 195 g/mol. The Kier molecular flexibility index (Phi) is 3.54. The zero-order chi connectivity index (χ0) is 10.4. The average Bonchev–Trinajstić information content (AvgIpc) is 2.19. The van der Waals surface area contributed by atoms with Gasteiger partial charge in [-0.3, -0.25) is 10.1 Å². The molecular formula is C8H9N3O3. The van der Waals surface area contributed by atoms with Gasteiger partial charge in [-0.05, 0) is 13.0 Å². The van der Waals surface area contributed by atoms with E-state index in [1.807, 2.05) is 0 Å². The van der Waals surface area contributed by atoms with Crippen molar-refractivity contribution >= 4 is 11.4 Å². The van der Waals surface area contributed by atoms with E-state index in [1.54, 1.807) is 19.1 Å². The van der Waals surface area contributed by atoms with Crippen molar-refractivity contribution in [1.82, 2.24) is 0 Å². The van der Waals surface area contributed by atoms with E-state index in [9.17, 15) is 10.1 Å². The molecule has 1 aromatic carbocycles. The highest BCUT2D eigenvalue weighted by Crippen LogP contribution is 2.19. The predicted octanol–water partition coefficient (Wildman–Crippen LogP) is 2.63. The van der Waals surface area contributed by atoms with Gasteiger partial charge in [0.05, 0.1) is 10.6 Å². The number of benzene rings is 1. The topological polar surface area (TPSA) is 77.1 Å². The molecule has 0 saturated carbocycles. The highest BCUT2D eigenvalue weighted by atomic mass is 16.6. The van der Waals surface area contributed by atoms with Gasteiger partial charge in [-0.1, -0.05) is 6.07 Å². The Morgan fingerprint density at radius 2 is 2.36 bits per heavy atom. The molecule has 0 amide bonds. The maximum Gasteiger partial charge on any atom is 0.271 e. The molecular weight excluding hydrogens is 186 g/mol. The molecule has 0 aliphatic heterocycles. The summed E-state index contributed by atoms with van der Waals surface area (Å²) < 4.78 is 0. The summed E-state index contributed by atoms with van der Waals surface area (Å²) in [5.74, 6) is 0. The molecule has 0 N–H and O–H groups in total. The maximum absolute atomic E-state index is 10.4. The van der Waals surface area contributed by atoms with Crippen LogP contribution in [0.15, 0.2) is 34.7 Å². The quantitative estimate of drug-likeness (QED) is 0.421. The van der Waals surface area contributed by atoms with Gasteiger partial charge in [0.2, 0.25) is 0 Å². The maximum atomic E-state index is 10.4. The Hall–Kier alpha value is -1.98. The van der Waals surface area contributed by atoms with Crippen molar-refractivity contribution in [3.8, 4) is 0 Å². The van der Waals surface area contributed by atoms with Crippen LogP contribution in [-0.2, 0) is 4.84 Å². The first-order chi connectivity index (χ1) is 6.74. The fourth-order valence-corrected chi connectivity index (χ4v) is 0.803. The highest BCUT2D eigenvalue weighted by Gasteiger charge is 2.04. The summed E-state index contributed by atoms with van der Waals surface area (Å²) in [4.78, 5) is 14.5. The molecule has 14 heavy (non-hydrogen) atoms. The van der Waals surface area contributed by atoms with Gasteiger partial charge in [0.1, 0.15) is 6.61 Å². The summed E-state index contributed by atoms with van der Waals surface area (Å²) in [6, 6.07) is 5.86. The predicted molar refractivity (Wildman–Crippen MR) is 49.2 cm³/mol. The monoisotopic (exact) mass is 195 g/mol. The first-order valence-electron chi connectivity index (χ1n) is 4.01. The van der Waals surface area contributed by atoms with Crippen molar-refractivity contribution in [2.24, 2.45) is 10.4 Å². The van der Waals surface area contributed by atoms with E-state index in [0.29, 0.717) is 12.3 Å². The zero-order valence-electron chi connectivity index (χ0n) is 7.58. The van der Waals surface area contributed by atoms with E-state index in [2.05, 4.69) is 15.2 Å². The van der Waals surface area contributed by atoms with E-state index in [1.165, 1.54) is 12.1 Å². The van der Waals surface area contributed by atoms with E-state index in [0.717, 1.165) is 0 Å². The van der Waals surface area contributed by atoms with Gasteiger partial charge in [-0.2, -0.15) is 0 Å². The van der Waals surface area contributed by atoms with Gasteiger partial charge < -0.3 is 4.84 Å². The number of nitro benzene ring substituents is 1. The molecule has 0 aromatic heterocycles. The normalized spacial score (nSPS) is 10.4. The summed E-state index contributed by atoms with van der Waals surface area (Å²) in [7, 11) is 0. The van der Waals surface area contributed by atoms with Gasteiger partial charge in [0.15, 0.2) is 0 Å². The first kappa shape index (κ1) is 10.1. The molecule has 1 rings (SSSR count). The minimum absolute atomic E-state index is 0.0158. The minimum atomic E-state index is -0.486. The molecule has 6 nitrogen and oxygen atoms in total. The van der Waals surface area contributed by atoms with E-state index < -0.39 is 4.92 Å². The van der Waals surface area contributed by atoms with Crippen LogP contribution in [-0.4, -0.2) is 11.5 Å². The zero-order valence-corrected chi connectivity index (χ0v) is 7.58. The third-order valence-corrected chi connectivity index (χ3v) is 1.38. The Morgan fingerprint density at radius 3 is 3.00 bits per heavy atom. The lowest BCUT2D eigenvalue weighted by atomic mass is 10.3. The fraction of sp³-hybridized carbons (Fsp3) is 0.250. The third-order valence-electron chi connectivity index (χ3n) is 1.38. The molecule has 6 heteroatoms. The van der Waals surface area contributed by atoms with Crippen LogP contribution in [0.4, 0.5) is 11.4 Å². The van der Waals surface area contributed by atoms with Crippen LogP contribution in [0.25, 0.3) is 0 Å². The second-order valence-corrected chi connectivity index (χ2v) is 2.38. The van der Waals surface area contributed by atoms with Crippen LogP contribution in [0, 0.1) is 10.1 Å². The smallest absolute Gasteiger partial charge is 0.271 e. The lowest BCUT2D eigenvalue weighted by Gasteiger charge is -1.92. The van der Waals surface area contributed by atoms with Gasteiger partial charge in [-0.15, -0.1) is 5.11 Å². The van der Waals surface area contributed by atoms with Gasteiger partial charge in [0, 0.05) is 17.4 Å². The number of non-ortho nitro benzene ring substituents is 1. The molecule has 74 valence electrons. The molecule has 0 unspecified atom stereocenters. The number of hydrogen-bond donors (Lipinski definition) is 0. The van der Waals surface area contributed by atoms with Crippen LogP contribution in [0.3, 0.4) is 0 Å². The van der Waals surface area contributed by atoms with Crippen LogP contribution < -0.4 is 0 Å². The number of rotatable bonds is 4. The Labute approximate surface area is 80.3 Å². The van der Waals surface area contributed by atoms with Crippen molar-refractivity contribution in [2.75, 3.05) is 6.61 Å². The Bertz CT molecular complexity index is 351. The number of nitrogens with zero attached hydrogens (tertiary/aromatic N) is 3. The van der Waals surface area contributed by atoms with E-state index >= 15 is 0 Å². The summed E-state index contributed by atoms with van der Waals surface area (Å²) in [5, 5.41) is 17.4. The molecule has 0 atom stereocenters. The molecule has 0 bridgehead atoms. The standard InChI is InChI=1S/C8H9N3O3/c1-2-14-10-9-7-4-3-5-8(6-7)11(12)13/h3-6H,2H2,1H3. The summed E-state index contributed by atoms with van der Waals surface area (Å²) >= 11 is 0. The molecule has 0 saturated heterocycles. The van der Waals surface area contributed by atoms with E-state index in [-0.39, 0.29) is 5.69 Å². The van der Waals surface area contributed by atoms with Crippen molar-refractivity contribution in [2.45, 2.75) is 6.92 Å². The fourth-order valence-electron chi connectivity index (χ4n) is 0.803. The number of hydrogen-bond acceptors (Lipinski definition) is 5. The summed E-state index contributed by atoms with van der Waals surface area (Å²) in [5.41, 5.74) is 0.380. The van der Waals surface area contributed by atoms with Crippen molar-refractivity contribution in [3.63, 3.8) is 0 Å². The lowest BCUT2D eigenvalue weighted by molar-refractivity contribution is -0.384. The molecule has 0 aliphatic rings. The largest absolute Gasteiger partial charge is 0.380 e.